The molecule has 0 bridgehead atoms. The molecule has 21 heavy (non-hydrogen) atoms. The molecule has 0 aliphatic rings. The van der Waals surface area contributed by atoms with Gasteiger partial charge >= 0.3 is 0 Å². The van der Waals surface area contributed by atoms with Gasteiger partial charge in [0, 0.05) is 22.1 Å². The van der Waals surface area contributed by atoms with Crippen LogP contribution in [0.2, 0.25) is 5.02 Å². The highest BCUT2D eigenvalue weighted by Crippen LogP contribution is 2.31. The van der Waals surface area contributed by atoms with Gasteiger partial charge in [-0.2, -0.15) is 0 Å². The molecule has 3 heteroatoms. The molecule has 108 valence electrons. The Balaban J connectivity index is 2.16. The molecular weight excluding hydrogens is 280 g/mol. The third-order valence-corrected chi connectivity index (χ3v) is 4.19. The first-order valence-electron chi connectivity index (χ1n) is 7.22. The van der Waals surface area contributed by atoms with E-state index in [1.54, 1.807) is 0 Å². The molecule has 0 radical (unpaired) electrons. The number of halogens is 1. The molecule has 1 atom stereocenters. The van der Waals surface area contributed by atoms with E-state index in [0.29, 0.717) is 6.54 Å². The molecular formula is C18H19ClN2. The van der Waals surface area contributed by atoms with E-state index in [9.17, 15) is 0 Å². The van der Waals surface area contributed by atoms with Crippen molar-refractivity contribution in [1.29, 1.82) is 0 Å². The average molecular weight is 299 g/mol. The molecule has 2 aromatic carbocycles. The minimum absolute atomic E-state index is 0.258. The molecule has 0 amide bonds. The van der Waals surface area contributed by atoms with Gasteiger partial charge in [-0.15, -0.1) is 0 Å². The summed E-state index contributed by atoms with van der Waals surface area (Å²) in [5.41, 5.74) is 9.58. The van der Waals surface area contributed by atoms with E-state index in [0.717, 1.165) is 11.4 Å². The number of hydrogen-bond acceptors (Lipinski definition) is 1. The lowest BCUT2D eigenvalue weighted by molar-refractivity contribution is 0.563. The Morgan fingerprint density at radius 1 is 1.14 bits per heavy atom. The number of nitrogens with two attached hydrogens (primary N) is 1. The first-order valence-corrected chi connectivity index (χ1v) is 7.60. The second-order valence-electron chi connectivity index (χ2n) is 5.38. The maximum absolute atomic E-state index is 6.13. The molecule has 0 saturated carbocycles. The summed E-state index contributed by atoms with van der Waals surface area (Å²) < 4.78 is 2.32. The predicted molar refractivity (Wildman–Crippen MR) is 89.9 cm³/mol. The van der Waals surface area contributed by atoms with Crippen LogP contribution >= 0.6 is 11.6 Å². The van der Waals surface area contributed by atoms with Crippen molar-refractivity contribution in [2.45, 2.75) is 19.4 Å². The molecule has 1 aromatic heterocycles. The van der Waals surface area contributed by atoms with Gasteiger partial charge in [0.25, 0.3) is 0 Å². The molecule has 2 nitrogen and oxygen atoms in total. The fourth-order valence-electron chi connectivity index (χ4n) is 2.95. The summed E-state index contributed by atoms with van der Waals surface area (Å²) in [7, 11) is 0. The van der Waals surface area contributed by atoms with E-state index in [-0.39, 0.29) is 6.04 Å². The third kappa shape index (κ3) is 2.69. The minimum Gasteiger partial charge on any atom is -0.340 e. The van der Waals surface area contributed by atoms with Crippen LogP contribution in [0.15, 0.2) is 54.7 Å². The summed E-state index contributed by atoms with van der Waals surface area (Å²) in [6, 6.07) is 16.9. The van der Waals surface area contributed by atoms with Crippen molar-refractivity contribution in [3.8, 4) is 0 Å². The second-order valence-corrected chi connectivity index (χ2v) is 5.82. The second kappa shape index (κ2) is 5.92. The summed E-state index contributed by atoms with van der Waals surface area (Å²) in [6.07, 6.45) is 3.12. The first-order chi connectivity index (χ1) is 10.2. The summed E-state index contributed by atoms with van der Waals surface area (Å²) in [4.78, 5) is 0. The van der Waals surface area contributed by atoms with Crippen LogP contribution in [0.4, 0.5) is 0 Å². The highest BCUT2D eigenvalue weighted by molar-refractivity contribution is 6.31. The van der Waals surface area contributed by atoms with E-state index in [1.165, 1.54) is 22.0 Å². The Kier molecular flexibility index (Phi) is 4.00. The van der Waals surface area contributed by atoms with Gasteiger partial charge in [-0.25, -0.2) is 0 Å². The molecule has 1 unspecified atom stereocenters. The number of benzene rings is 2. The summed E-state index contributed by atoms with van der Waals surface area (Å²) >= 11 is 6.13. The third-order valence-electron chi connectivity index (χ3n) is 3.95. The van der Waals surface area contributed by atoms with Crippen molar-refractivity contribution in [2.24, 2.45) is 5.73 Å². The maximum Gasteiger partial charge on any atom is 0.0598 e. The summed E-state index contributed by atoms with van der Waals surface area (Å²) in [5, 5.41) is 1.99. The zero-order valence-corrected chi connectivity index (χ0v) is 12.8. The van der Waals surface area contributed by atoms with E-state index >= 15 is 0 Å². The Morgan fingerprint density at radius 3 is 2.62 bits per heavy atom. The SMILES string of the molecule is Cc1cn(C(CCN)c2ccccc2)c2ccc(Cl)cc12. The van der Waals surface area contributed by atoms with Gasteiger partial charge in [0.1, 0.15) is 0 Å². The molecule has 0 aliphatic heterocycles. The number of aromatic nitrogens is 1. The van der Waals surface area contributed by atoms with Crippen molar-refractivity contribution in [3.05, 3.63) is 70.9 Å². The molecule has 0 fully saturated rings. The van der Waals surface area contributed by atoms with Crippen molar-refractivity contribution in [3.63, 3.8) is 0 Å². The van der Waals surface area contributed by atoms with E-state index in [2.05, 4.69) is 48.0 Å². The van der Waals surface area contributed by atoms with E-state index < -0.39 is 0 Å². The standard InChI is InChI=1S/C18H19ClN2/c1-13-12-21(18-8-7-15(19)11-16(13)18)17(9-10-20)14-5-3-2-4-6-14/h2-8,11-12,17H,9-10,20H2,1H3. The zero-order chi connectivity index (χ0) is 14.8. The number of nitrogens with zero attached hydrogens (tertiary/aromatic N) is 1. The van der Waals surface area contributed by atoms with Crippen molar-refractivity contribution in [1.82, 2.24) is 4.57 Å². The summed E-state index contributed by atoms with van der Waals surface area (Å²) in [6.45, 7) is 2.78. The van der Waals surface area contributed by atoms with Gasteiger partial charge in [-0.05, 0) is 49.2 Å². The molecule has 0 aliphatic carbocycles. The van der Waals surface area contributed by atoms with Crippen molar-refractivity contribution >= 4 is 22.5 Å². The Hall–Kier alpha value is -1.77. The van der Waals surface area contributed by atoms with Crippen molar-refractivity contribution in [2.75, 3.05) is 6.54 Å². The lowest BCUT2D eigenvalue weighted by Gasteiger charge is -2.20. The molecule has 1 heterocycles. The number of aryl methyl sites for hydroxylation is 1. The van der Waals surface area contributed by atoms with Crippen LogP contribution in [0.5, 0.6) is 0 Å². The van der Waals surface area contributed by atoms with Gasteiger partial charge in [0.15, 0.2) is 0 Å². The highest BCUT2D eigenvalue weighted by Gasteiger charge is 2.16. The fourth-order valence-corrected chi connectivity index (χ4v) is 3.13. The molecule has 3 rings (SSSR count). The largest absolute Gasteiger partial charge is 0.340 e. The fraction of sp³-hybridized carbons (Fsp3) is 0.222. The summed E-state index contributed by atoms with van der Waals surface area (Å²) in [5.74, 6) is 0. The first kappa shape index (κ1) is 14.2. The molecule has 2 N–H and O–H groups in total. The van der Waals surface area contributed by atoms with Crippen LogP contribution in [0, 0.1) is 6.92 Å². The zero-order valence-electron chi connectivity index (χ0n) is 12.1. The minimum atomic E-state index is 0.258. The van der Waals surface area contributed by atoms with E-state index in [1.807, 2.05) is 18.2 Å². The van der Waals surface area contributed by atoms with Gasteiger partial charge in [0.05, 0.1) is 6.04 Å². The van der Waals surface area contributed by atoms with E-state index in [4.69, 9.17) is 17.3 Å². The number of fused-ring (bicyclic) bond motifs is 1. The number of rotatable bonds is 4. The van der Waals surface area contributed by atoms with Crippen LogP contribution in [-0.4, -0.2) is 11.1 Å². The molecule has 0 spiro atoms. The lowest BCUT2D eigenvalue weighted by Crippen LogP contribution is -2.14. The normalized spacial score (nSPS) is 12.7. The van der Waals surface area contributed by atoms with Crippen LogP contribution in [0.3, 0.4) is 0 Å². The van der Waals surface area contributed by atoms with Crippen LogP contribution in [0.1, 0.15) is 23.6 Å². The van der Waals surface area contributed by atoms with Gasteiger partial charge in [0.2, 0.25) is 0 Å². The lowest BCUT2D eigenvalue weighted by atomic mass is 10.0. The van der Waals surface area contributed by atoms with Crippen LogP contribution < -0.4 is 5.73 Å². The van der Waals surface area contributed by atoms with Crippen LogP contribution in [0.25, 0.3) is 10.9 Å². The molecule has 0 saturated heterocycles. The van der Waals surface area contributed by atoms with Gasteiger partial charge in [-0.3, -0.25) is 0 Å². The number of hydrogen-bond donors (Lipinski definition) is 1. The topological polar surface area (TPSA) is 30.9 Å². The maximum atomic E-state index is 6.13. The Bertz CT molecular complexity index is 747. The Morgan fingerprint density at radius 2 is 1.90 bits per heavy atom. The monoisotopic (exact) mass is 298 g/mol. The quantitative estimate of drug-likeness (QED) is 0.753. The van der Waals surface area contributed by atoms with Crippen molar-refractivity contribution < 1.29 is 0 Å². The Labute approximate surface area is 130 Å². The van der Waals surface area contributed by atoms with Crippen LogP contribution in [-0.2, 0) is 0 Å². The predicted octanol–water partition coefficient (Wildman–Crippen LogP) is 4.54. The smallest absolute Gasteiger partial charge is 0.0598 e. The van der Waals surface area contributed by atoms with Gasteiger partial charge < -0.3 is 10.3 Å². The molecule has 3 aromatic rings. The van der Waals surface area contributed by atoms with Gasteiger partial charge in [-0.1, -0.05) is 41.9 Å². The highest BCUT2D eigenvalue weighted by atomic mass is 35.5. The average Bonchev–Trinajstić information content (AvgIpc) is 2.82.